The monoisotopic (exact) mass is 363 g/mol. The van der Waals surface area contributed by atoms with Crippen LogP contribution in [0.15, 0.2) is 55.1 Å². The fraction of sp³-hybridized carbons (Fsp3) is 0.273. The molecule has 3 rings (SSSR count). The Labute approximate surface area is 160 Å². The van der Waals surface area contributed by atoms with Gasteiger partial charge < -0.3 is 14.6 Å². The maximum Gasteiger partial charge on any atom is 0.258 e. The van der Waals surface area contributed by atoms with Crippen LogP contribution in [0.25, 0.3) is 5.69 Å². The molecule has 1 heterocycles. The second-order valence-electron chi connectivity index (χ2n) is 6.87. The number of benzene rings is 2. The molecule has 0 aliphatic heterocycles. The number of ether oxygens (including phenoxy) is 1. The Bertz CT molecular complexity index is 892. The maximum atomic E-state index is 12.3. The first kappa shape index (κ1) is 18.7. The highest BCUT2D eigenvalue weighted by molar-refractivity contribution is 5.78. The first-order chi connectivity index (χ1) is 12.9. The van der Waals surface area contributed by atoms with Gasteiger partial charge in [0.05, 0.1) is 12.4 Å². The van der Waals surface area contributed by atoms with E-state index in [4.69, 9.17) is 4.74 Å². The molecule has 3 aromatic rings. The Balaban J connectivity index is 1.58. The van der Waals surface area contributed by atoms with Crippen LogP contribution >= 0.6 is 0 Å². The lowest BCUT2D eigenvalue weighted by atomic mass is 10.1. The molecule has 140 valence electrons. The van der Waals surface area contributed by atoms with Gasteiger partial charge >= 0.3 is 0 Å². The quantitative estimate of drug-likeness (QED) is 0.719. The van der Waals surface area contributed by atoms with Crippen LogP contribution in [-0.2, 0) is 4.79 Å². The minimum absolute atomic E-state index is 0.00218. The minimum atomic E-state index is -0.138. The molecule has 0 spiro atoms. The average molecular weight is 363 g/mol. The standard InChI is InChI=1S/C22H25N3O2/c1-15-11-16(2)22(17(3)12-15)27-13-21(26)24-18(4)19-5-7-20(8-6-19)25-10-9-23-14-25/h5-12,14,18H,13H2,1-4H3,(H,24,26)/t18-/m1/s1. The molecule has 0 saturated heterocycles. The topological polar surface area (TPSA) is 56.1 Å². The zero-order valence-corrected chi connectivity index (χ0v) is 16.2. The largest absolute Gasteiger partial charge is 0.483 e. The first-order valence-corrected chi connectivity index (χ1v) is 9.02. The molecular weight excluding hydrogens is 338 g/mol. The van der Waals surface area contributed by atoms with Crippen LogP contribution < -0.4 is 10.1 Å². The van der Waals surface area contributed by atoms with Crippen LogP contribution in [0.4, 0.5) is 0 Å². The van der Waals surface area contributed by atoms with Gasteiger partial charge in [0, 0.05) is 18.1 Å². The molecule has 2 aromatic carbocycles. The second-order valence-corrected chi connectivity index (χ2v) is 6.87. The number of amides is 1. The Morgan fingerprint density at radius 3 is 2.41 bits per heavy atom. The second kappa shape index (κ2) is 8.08. The summed E-state index contributed by atoms with van der Waals surface area (Å²) in [6.07, 6.45) is 5.40. The molecule has 0 saturated carbocycles. The van der Waals surface area contributed by atoms with E-state index in [0.717, 1.165) is 28.1 Å². The van der Waals surface area contributed by atoms with Crippen molar-refractivity contribution in [2.24, 2.45) is 0 Å². The fourth-order valence-corrected chi connectivity index (χ4v) is 3.25. The van der Waals surface area contributed by atoms with Gasteiger partial charge in [-0.05, 0) is 56.5 Å². The molecule has 0 radical (unpaired) electrons. The SMILES string of the molecule is Cc1cc(C)c(OCC(=O)N[C@H](C)c2ccc(-n3ccnc3)cc2)c(C)c1. The van der Waals surface area contributed by atoms with Gasteiger partial charge in [0.25, 0.3) is 5.91 Å². The molecule has 0 unspecified atom stereocenters. The summed E-state index contributed by atoms with van der Waals surface area (Å²) in [4.78, 5) is 16.3. The smallest absolute Gasteiger partial charge is 0.258 e. The summed E-state index contributed by atoms with van der Waals surface area (Å²) in [5.74, 6) is 0.647. The molecule has 5 heteroatoms. The van der Waals surface area contributed by atoms with Crippen molar-refractivity contribution in [2.75, 3.05) is 6.61 Å². The third-order valence-corrected chi connectivity index (χ3v) is 4.53. The van der Waals surface area contributed by atoms with Crippen molar-refractivity contribution >= 4 is 5.91 Å². The molecule has 0 aliphatic rings. The summed E-state index contributed by atoms with van der Waals surface area (Å²) < 4.78 is 7.70. The fourth-order valence-electron chi connectivity index (χ4n) is 3.25. The highest BCUT2D eigenvalue weighted by Crippen LogP contribution is 2.24. The van der Waals surface area contributed by atoms with Gasteiger partial charge in [-0.25, -0.2) is 4.98 Å². The summed E-state index contributed by atoms with van der Waals surface area (Å²) in [7, 11) is 0. The zero-order chi connectivity index (χ0) is 19.4. The number of aryl methyl sites for hydroxylation is 3. The molecule has 0 bridgehead atoms. The Morgan fingerprint density at radius 1 is 1.15 bits per heavy atom. The highest BCUT2D eigenvalue weighted by atomic mass is 16.5. The normalized spacial score (nSPS) is 11.9. The van der Waals surface area contributed by atoms with E-state index in [1.165, 1.54) is 5.56 Å². The van der Waals surface area contributed by atoms with Gasteiger partial charge in [-0.3, -0.25) is 4.79 Å². The van der Waals surface area contributed by atoms with E-state index in [-0.39, 0.29) is 18.6 Å². The Hall–Kier alpha value is -3.08. The van der Waals surface area contributed by atoms with E-state index in [9.17, 15) is 4.79 Å². The summed E-state index contributed by atoms with van der Waals surface area (Å²) in [6, 6.07) is 12.1. The number of aromatic nitrogens is 2. The van der Waals surface area contributed by atoms with Crippen LogP contribution in [0.3, 0.4) is 0 Å². The number of hydrogen-bond acceptors (Lipinski definition) is 3. The zero-order valence-electron chi connectivity index (χ0n) is 16.2. The van der Waals surface area contributed by atoms with Gasteiger partial charge in [-0.2, -0.15) is 0 Å². The van der Waals surface area contributed by atoms with E-state index in [1.807, 2.05) is 55.8 Å². The van der Waals surface area contributed by atoms with Crippen molar-refractivity contribution in [1.82, 2.24) is 14.9 Å². The molecule has 1 amide bonds. The van der Waals surface area contributed by atoms with Gasteiger partial charge in [0.2, 0.25) is 0 Å². The van der Waals surface area contributed by atoms with Crippen molar-refractivity contribution in [2.45, 2.75) is 33.7 Å². The molecular formula is C22H25N3O2. The number of carbonyl (C=O) groups excluding carboxylic acids is 1. The number of nitrogens with zero attached hydrogens (tertiary/aromatic N) is 2. The molecule has 5 nitrogen and oxygen atoms in total. The Kier molecular flexibility index (Phi) is 5.60. The van der Waals surface area contributed by atoms with Crippen LogP contribution in [-0.4, -0.2) is 22.1 Å². The highest BCUT2D eigenvalue weighted by Gasteiger charge is 2.12. The van der Waals surface area contributed by atoms with E-state index in [0.29, 0.717) is 0 Å². The molecule has 1 N–H and O–H groups in total. The van der Waals surface area contributed by atoms with Crippen molar-refractivity contribution in [3.8, 4) is 11.4 Å². The van der Waals surface area contributed by atoms with E-state index < -0.39 is 0 Å². The average Bonchev–Trinajstić information content (AvgIpc) is 3.15. The lowest BCUT2D eigenvalue weighted by Crippen LogP contribution is -2.31. The van der Waals surface area contributed by atoms with E-state index in [2.05, 4.69) is 29.4 Å². The Morgan fingerprint density at radius 2 is 1.81 bits per heavy atom. The summed E-state index contributed by atoms with van der Waals surface area (Å²) in [5, 5.41) is 2.99. The van der Waals surface area contributed by atoms with Crippen LogP contribution in [0.2, 0.25) is 0 Å². The lowest BCUT2D eigenvalue weighted by Gasteiger charge is -2.17. The van der Waals surface area contributed by atoms with Gasteiger partial charge in [-0.15, -0.1) is 0 Å². The molecule has 27 heavy (non-hydrogen) atoms. The van der Waals surface area contributed by atoms with Gasteiger partial charge in [-0.1, -0.05) is 29.8 Å². The number of nitrogens with one attached hydrogen (secondary N) is 1. The van der Waals surface area contributed by atoms with Gasteiger partial charge in [0.1, 0.15) is 5.75 Å². The number of hydrogen-bond donors (Lipinski definition) is 1. The van der Waals surface area contributed by atoms with Crippen molar-refractivity contribution in [3.63, 3.8) is 0 Å². The summed E-state index contributed by atoms with van der Waals surface area (Å²) in [6.45, 7) is 8.01. The molecule has 1 aromatic heterocycles. The van der Waals surface area contributed by atoms with Crippen molar-refractivity contribution < 1.29 is 9.53 Å². The number of carbonyl (C=O) groups is 1. The molecule has 0 fully saturated rings. The van der Waals surface area contributed by atoms with Gasteiger partial charge in [0.15, 0.2) is 6.61 Å². The molecule has 0 aliphatic carbocycles. The predicted octanol–water partition coefficient (Wildman–Crippen LogP) is 4.05. The van der Waals surface area contributed by atoms with E-state index in [1.54, 1.807) is 12.5 Å². The first-order valence-electron chi connectivity index (χ1n) is 9.02. The van der Waals surface area contributed by atoms with Crippen molar-refractivity contribution in [1.29, 1.82) is 0 Å². The molecule has 1 atom stereocenters. The van der Waals surface area contributed by atoms with E-state index >= 15 is 0 Å². The summed E-state index contributed by atoms with van der Waals surface area (Å²) >= 11 is 0. The minimum Gasteiger partial charge on any atom is -0.483 e. The van der Waals surface area contributed by atoms with Crippen molar-refractivity contribution in [3.05, 3.63) is 77.4 Å². The van der Waals surface area contributed by atoms with Crippen LogP contribution in [0.5, 0.6) is 5.75 Å². The maximum absolute atomic E-state index is 12.3. The third kappa shape index (κ3) is 4.56. The summed E-state index contributed by atoms with van der Waals surface area (Å²) in [5.41, 5.74) is 5.35. The number of imidazole rings is 1. The lowest BCUT2D eigenvalue weighted by molar-refractivity contribution is -0.123. The van der Waals surface area contributed by atoms with Crippen LogP contribution in [0, 0.1) is 20.8 Å². The predicted molar refractivity (Wildman–Crippen MR) is 106 cm³/mol. The van der Waals surface area contributed by atoms with Crippen LogP contribution in [0.1, 0.15) is 35.2 Å². The number of rotatable bonds is 6. The third-order valence-electron chi connectivity index (χ3n) is 4.53.